The average Bonchev–Trinajstić information content (AvgIpc) is 3.30. The second-order valence-electron chi connectivity index (χ2n) is 11.7. The third-order valence-corrected chi connectivity index (χ3v) is 9.82. The lowest BCUT2D eigenvalue weighted by Crippen LogP contribution is -2.27. The van der Waals surface area contributed by atoms with Crippen molar-refractivity contribution in [2.75, 3.05) is 5.32 Å². The molecule has 1 amide bonds. The van der Waals surface area contributed by atoms with E-state index in [1.54, 1.807) is 42.6 Å². The fourth-order valence-corrected chi connectivity index (χ4v) is 7.52. The van der Waals surface area contributed by atoms with Crippen LogP contribution in [0, 0.1) is 35.3 Å². The quantitative estimate of drug-likeness (QED) is 0.0941. The minimum absolute atomic E-state index is 0.0593. The number of nitrogens with zero attached hydrogens (tertiary/aromatic N) is 4. The zero-order valence-corrected chi connectivity index (χ0v) is 27.0. The van der Waals surface area contributed by atoms with Gasteiger partial charge in [-0.2, -0.15) is 0 Å². The summed E-state index contributed by atoms with van der Waals surface area (Å²) >= 11 is 8.71. The van der Waals surface area contributed by atoms with Crippen LogP contribution in [0.25, 0.3) is 0 Å². The highest BCUT2D eigenvalue weighted by Crippen LogP contribution is 2.45. The van der Waals surface area contributed by atoms with Gasteiger partial charge in [-0.15, -0.1) is 11.3 Å². The maximum atomic E-state index is 13.6. The van der Waals surface area contributed by atoms with Crippen LogP contribution in [0.1, 0.15) is 64.9 Å². The number of aromatic nitrogens is 2. The maximum Gasteiger partial charge on any atom is 0.283 e. The van der Waals surface area contributed by atoms with Crippen LogP contribution in [0.4, 0.5) is 16.4 Å². The number of fused-ring (bicyclic) bond motifs is 1. The highest BCUT2D eigenvalue weighted by molar-refractivity contribution is 7.99. The number of carbonyl (C=O) groups excluding carboxylic acids is 1. The van der Waals surface area contributed by atoms with Crippen LogP contribution in [-0.2, 0) is 12.8 Å². The van der Waals surface area contributed by atoms with Crippen molar-refractivity contribution in [1.29, 1.82) is 0 Å². The zero-order chi connectivity index (χ0) is 30.9. The Kier molecular flexibility index (Phi) is 9.01. The number of nitrogens with one attached hydrogen (secondary N) is 1. The summed E-state index contributed by atoms with van der Waals surface area (Å²) in [6, 6.07) is 13.8. The normalized spacial score (nSPS) is 15.0. The number of aliphatic imine (C=N–C) groups is 1. The van der Waals surface area contributed by atoms with Crippen molar-refractivity contribution in [2.24, 2.45) is 16.3 Å². The third kappa shape index (κ3) is 7.31. The topological polar surface area (TPSA) is 110 Å². The minimum Gasteiger partial charge on any atom is -0.322 e. The summed E-state index contributed by atoms with van der Waals surface area (Å²) in [6.45, 7) is 10.5. The molecule has 8 nitrogen and oxygen atoms in total. The van der Waals surface area contributed by atoms with Crippen molar-refractivity contribution < 1.29 is 9.72 Å². The maximum absolute atomic E-state index is 13.6. The van der Waals surface area contributed by atoms with E-state index in [9.17, 15) is 14.9 Å². The number of thiophene rings is 1. The van der Waals surface area contributed by atoms with Crippen LogP contribution in [0.3, 0.4) is 0 Å². The number of nitro benzene ring substituents is 1. The van der Waals surface area contributed by atoms with Crippen molar-refractivity contribution in [1.82, 2.24) is 9.97 Å². The number of rotatable bonds is 7. The molecule has 0 aliphatic heterocycles. The molecule has 43 heavy (non-hydrogen) atoms. The number of hydrogen-bond donors (Lipinski definition) is 1. The van der Waals surface area contributed by atoms with E-state index in [1.807, 2.05) is 19.9 Å². The van der Waals surface area contributed by atoms with Crippen molar-refractivity contribution in [3.8, 4) is 0 Å². The lowest BCUT2D eigenvalue weighted by molar-refractivity contribution is -0.387. The van der Waals surface area contributed by atoms with Gasteiger partial charge in [0.1, 0.15) is 5.00 Å². The van der Waals surface area contributed by atoms with E-state index in [0.717, 1.165) is 48.0 Å². The van der Waals surface area contributed by atoms with Gasteiger partial charge >= 0.3 is 0 Å². The number of benzene rings is 2. The smallest absolute Gasteiger partial charge is 0.283 e. The molecule has 0 saturated heterocycles. The first-order valence-corrected chi connectivity index (χ1v) is 15.9. The molecule has 4 aromatic rings. The first-order valence-electron chi connectivity index (χ1n) is 13.9. The van der Waals surface area contributed by atoms with Crippen molar-refractivity contribution >= 4 is 63.2 Å². The highest BCUT2D eigenvalue weighted by Gasteiger charge is 2.33. The molecule has 5 rings (SSSR count). The van der Waals surface area contributed by atoms with Gasteiger partial charge in [0.15, 0.2) is 5.16 Å². The Morgan fingerprint density at radius 3 is 2.49 bits per heavy atom. The summed E-state index contributed by atoms with van der Waals surface area (Å²) in [5.41, 5.74) is 4.48. The molecule has 2 heterocycles. The van der Waals surface area contributed by atoms with E-state index in [-0.39, 0.29) is 17.0 Å². The van der Waals surface area contributed by atoms with E-state index in [2.05, 4.69) is 36.1 Å². The van der Waals surface area contributed by atoms with Crippen LogP contribution >= 0.6 is 34.7 Å². The predicted molar refractivity (Wildman–Crippen MR) is 175 cm³/mol. The van der Waals surface area contributed by atoms with E-state index >= 15 is 0 Å². The zero-order valence-electron chi connectivity index (χ0n) is 24.6. The Balaban J connectivity index is 1.48. The molecule has 0 radical (unpaired) electrons. The molecule has 2 aromatic carbocycles. The monoisotopic (exact) mass is 633 g/mol. The molecular weight excluding hydrogens is 602 g/mol. The molecule has 2 aromatic heterocycles. The summed E-state index contributed by atoms with van der Waals surface area (Å²) in [4.78, 5) is 40.4. The van der Waals surface area contributed by atoms with Gasteiger partial charge in [0.2, 0.25) is 0 Å². The molecule has 1 aliphatic carbocycles. The third-order valence-electron chi connectivity index (χ3n) is 7.47. The van der Waals surface area contributed by atoms with E-state index in [4.69, 9.17) is 16.6 Å². The van der Waals surface area contributed by atoms with Crippen molar-refractivity contribution in [2.45, 2.75) is 63.9 Å². The van der Waals surface area contributed by atoms with E-state index in [1.165, 1.54) is 22.3 Å². The Morgan fingerprint density at radius 2 is 1.84 bits per heavy atom. The number of halogens is 1. The van der Waals surface area contributed by atoms with E-state index in [0.29, 0.717) is 42.8 Å². The van der Waals surface area contributed by atoms with E-state index < -0.39 is 4.92 Å². The van der Waals surface area contributed by atoms with Gasteiger partial charge < -0.3 is 5.32 Å². The number of aryl methyl sites for hydroxylation is 2. The lowest BCUT2D eigenvalue weighted by atomic mass is 9.72. The first-order chi connectivity index (χ1) is 20.4. The fourth-order valence-electron chi connectivity index (χ4n) is 5.18. The molecular formula is C32H32ClN5O3S2. The number of nitro groups is 1. The van der Waals surface area contributed by atoms with Crippen molar-refractivity contribution in [3.05, 3.63) is 96.6 Å². The lowest BCUT2D eigenvalue weighted by Gasteiger charge is -2.33. The molecule has 0 spiro atoms. The molecule has 1 aliphatic rings. The average molecular weight is 634 g/mol. The second kappa shape index (κ2) is 12.6. The van der Waals surface area contributed by atoms with Gasteiger partial charge in [0.05, 0.1) is 15.4 Å². The molecule has 0 saturated carbocycles. The molecule has 0 unspecified atom stereocenters. The number of carbonyl (C=O) groups is 1. The summed E-state index contributed by atoms with van der Waals surface area (Å²) in [5, 5.41) is 16.6. The second-order valence-corrected chi connectivity index (χ2v) is 14.3. The number of amides is 1. The molecule has 0 bridgehead atoms. The summed E-state index contributed by atoms with van der Waals surface area (Å²) in [7, 11) is 0. The molecule has 1 N–H and O–H groups in total. The van der Waals surface area contributed by atoms with Crippen LogP contribution in [0.2, 0.25) is 5.02 Å². The number of hydrogen-bond acceptors (Lipinski definition) is 8. The fraction of sp³-hybridized carbons (Fsp3) is 0.312. The summed E-state index contributed by atoms with van der Waals surface area (Å²) in [6.07, 6.45) is 4.27. The van der Waals surface area contributed by atoms with Gasteiger partial charge in [-0.1, -0.05) is 38.4 Å². The Labute approximate surface area is 264 Å². The van der Waals surface area contributed by atoms with Gasteiger partial charge in [-0.25, -0.2) is 15.0 Å². The summed E-state index contributed by atoms with van der Waals surface area (Å²) in [5.74, 6) is 0.267. The molecule has 1 atom stereocenters. The van der Waals surface area contributed by atoms with Gasteiger partial charge in [0, 0.05) is 39.3 Å². The molecule has 11 heteroatoms. The minimum atomic E-state index is -0.413. The Bertz CT molecular complexity index is 1710. The van der Waals surface area contributed by atoms with Crippen LogP contribution in [-0.4, -0.2) is 27.0 Å². The molecule has 0 fully saturated rings. The molecule has 222 valence electrons. The van der Waals surface area contributed by atoms with Crippen LogP contribution in [0.15, 0.2) is 63.6 Å². The van der Waals surface area contributed by atoms with Crippen LogP contribution < -0.4 is 5.32 Å². The van der Waals surface area contributed by atoms with Crippen LogP contribution in [0.5, 0.6) is 0 Å². The predicted octanol–water partition coefficient (Wildman–Crippen LogP) is 9.02. The van der Waals surface area contributed by atoms with Gasteiger partial charge in [0.25, 0.3) is 11.6 Å². The SMILES string of the molecule is Cc1cc(C)nc(Sc2ccc(C=Nc3sc4c(c3C(=O)Nc3ccc(Cl)cc3)CC[C@H](C(C)(C)C)C4)cc2[N+](=O)[O-])n1. The summed E-state index contributed by atoms with van der Waals surface area (Å²) < 4.78 is 0. The highest BCUT2D eigenvalue weighted by atomic mass is 35.5. The Hall–Kier alpha value is -3.60. The number of anilines is 1. The standard InChI is InChI=1S/C32H32ClN5O3S2/c1-18-14-19(2)36-31(35-18)43-26-13-6-20(15-25(26)38(40)41)17-34-30-28(29(39)37-23-10-8-22(33)9-11-23)24-12-7-21(32(3,4)5)16-27(24)42-30/h6,8-11,13-15,17,21H,7,12,16H2,1-5H3,(H,37,39)/t21-/m0/s1. The first kappa shape index (κ1) is 30.8. The Morgan fingerprint density at radius 1 is 1.14 bits per heavy atom. The van der Waals surface area contributed by atoms with Gasteiger partial charge in [-0.05, 0) is 104 Å². The van der Waals surface area contributed by atoms with Gasteiger partial charge in [-0.3, -0.25) is 14.9 Å². The van der Waals surface area contributed by atoms with Crippen molar-refractivity contribution in [3.63, 3.8) is 0 Å². The largest absolute Gasteiger partial charge is 0.322 e.